The van der Waals surface area contributed by atoms with E-state index in [1.54, 1.807) is 18.5 Å². The molecule has 0 unspecified atom stereocenters. The topological polar surface area (TPSA) is 73.4 Å². The lowest BCUT2D eigenvalue weighted by molar-refractivity contribution is -0.179. The number of nitrogens with one attached hydrogen (secondary N) is 2. The third kappa shape index (κ3) is 6.37. The highest BCUT2D eigenvalue weighted by molar-refractivity contribution is 5.78. The van der Waals surface area contributed by atoms with Crippen LogP contribution in [0.2, 0.25) is 0 Å². The number of likely N-dealkylation sites (tertiary alicyclic amines) is 1. The van der Waals surface area contributed by atoms with Crippen LogP contribution in [0.5, 0.6) is 0 Å². The van der Waals surface area contributed by atoms with E-state index in [1.165, 1.54) is 0 Å². The molecule has 2 aliphatic rings. The molecule has 1 amide bonds. The van der Waals surface area contributed by atoms with E-state index in [2.05, 4.69) is 32.5 Å². The minimum absolute atomic E-state index is 0.0715. The number of pyridine rings is 2. The Morgan fingerprint density at radius 3 is 2.32 bits per heavy atom. The molecule has 0 aromatic carbocycles. The van der Waals surface area contributed by atoms with Gasteiger partial charge in [0.2, 0.25) is 5.91 Å². The lowest BCUT2D eigenvalue weighted by Gasteiger charge is -2.34. The fourth-order valence-electron chi connectivity index (χ4n) is 4.46. The third-order valence-electron chi connectivity index (χ3n) is 6.70. The predicted octanol–water partition coefficient (Wildman–Crippen LogP) is 3.96. The number of piperidine rings is 2. The highest BCUT2D eigenvalue weighted by Gasteiger charge is 2.41. The van der Waals surface area contributed by atoms with Gasteiger partial charge >= 0.3 is 6.18 Å². The van der Waals surface area contributed by atoms with E-state index in [0.29, 0.717) is 25.5 Å². The number of aromatic nitrogens is 2. The molecule has 2 aromatic heterocycles. The lowest BCUT2D eigenvalue weighted by atomic mass is 9.96. The van der Waals surface area contributed by atoms with Gasteiger partial charge in [0.1, 0.15) is 5.82 Å². The minimum atomic E-state index is -4.11. The van der Waals surface area contributed by atoms with Crippen LogP contribution < -0.4 is 15.5 Å². The smallest absolute Gasteiger partial charge is 0.370 e. The Labute approximate surface area is 197 Å². The van der Waals surface area contributed by atoms with Crippen LogP contribution in [-0.4, -0.2) is 60.2 Å². The number of carbonyl (C=O) groups excluding carboxylic acids is 1. The van der Waals surface area contributed by atoms with Crippen molar-refractivity contribution in [2.75, 3.05) is 43.4 Å². The monoisotopic (exact) mass is 476 g/mol. The van der Waals surface area contributed by atoms with Gasteiger partial charge in [0.15, 0.2) is 0 Å². The van der Waals surface area contributed by atoms with Gasteiger partial charge in [0.25, 0.3) is 0 Å². The Kier molecular flexibility index (Phi) is 7.55. The van der Waals surface area contributed by atoms with Crippen molar-refractivity contribution in [2.45, 2.75) is 38.4 Å². The maximum absolute atomic E-state index is 12.9. The summed E-state index contributed by atoms with van der Waals surface area (Å²) in [5.74, 6) is -0.430. The van der Waals surface area contributed by atoms with Crippen molar-refractivity contribution in [3.05, 3.63) is 42.4 Å². The maximum Gasteiger partial charge on any atom is 0.391 e. The van der Waals surface area contributed by atoms with Gasteiger partial charge < -0.3 is 20.4 Å². The molecular weight excluding hydrogens is 445 g/mol. The fourth-order valence-corrected chi connectivity index (χ4v) is 4.46. The number of alkyl halides is 3. The molecule has 4 heterocycles. The number of carbonyl (C=O) groups is 1. The number of anilines is 3. The lowest BCUT2D eigenvalue weighted by Crippen LogP contribution is -2.39. The van der Waals surface area contributed by atoms with Crippen molar-refractivity contribution in [3.63, 3.8) is 0 Å². The molecule has 184 valence electrons. The van der Waals surface area contributed by atoms with Crippen LogP contribution in [0, 0.1) is 11.8 Å². The molecule has 4 rings (SSSR count). The average molecular weight is 477 g/mol. The zero-order chi connectivity index (χ0) is 24.1. The van der Waals surface area contributed by atoms with E-state index in [-0.39, 0.29) is 24.7 Å². The van der Waals surface area contributed by atoms with Gasteiger partial charge in [-0.05, 0) is 70.1 Å². The molecule has 7 nitrogen and oxygen atoms in total. The van der Waals surface area contributed by atoms with E-state index in [9.17, 15) is 18.0 Å². The molecule has 2 N–H and O–H groups in total. The van der Waals surface area contributed by atoms with Crippen LogP contribution in [-0.2, 0) is 11.3 Å². The van der Waals surface area contributed by atoms with Crippen LogP contribution in [0.15, 0.2) is 36.7 Å². The normalized spacial score (nSPS) is 18.6. The van der Waals surface area contributed by atoms with E-state index < -0.39 is 12.1 Å². The van der Waals surface area contributed by atoms with Crippen LogP contribution >= 0.6 is 0 Å². The van der Waals surface area contributed by atoms with E-state index in [4.69, 9.17) is 0 Å². The first-order valence-electron chi connectivity index (χ1n) is 11.7. The second-order valence-electron chi connectivity index (χ2n) is 9.16. The van der Waals surface area contributed by atoms with E-state index in [1.807, 2.05) is 23.1 Å². The zero-order valence-corrected chi connectivity index (χ0v) is 19.3. The van der Waals surface area contributed by atoms with Crippen molar-refractivity contribution in [1.82, 2.24) is 20.2 Å². The highest BCUT2D eigenvalue weighted by Crippen LogP contribution is 2.35. The third-order valence-corrected chi connectivity index (χ3v) is 6.70. The molecule has 0 aliphatic carbocycles. The summed E-state index contributed by atoms with van der Waals surface area (Å²) in [6.45, 7) is 3.03. The van der Waals surface area contributed by atoms with Gasteiger partial charge in [0.05, 0.1) is 41.9 Å². The standard InChI is InChI=1S/C24H31F3N6O/c1-32-10-6-17(7-11-32)23(34)30-14-19-2-3-20(15-28-19)31-22-5-4-21(16-29-22)33-12-8-18(9-13-33)24(25,26)27/h2-5,15-18H,6-14H2,1H3,(H,29,31)(H,30,34). The largest absolute Gasteiger partial charge is 0.391 e. The number of halogens is 3. The summed E-state index contributed by atoms with van der Waals surface area (Å²) in [6, 6.07) is 7.41. The summed E-state index contributed by atoms with van der Waals surface area (Å²) in [7, 11) is 2.07. The number of nitrogens with zero attached hydrogens (tertiary/aromatic N) is 4. The van der Waals surface area contributed by atoms with E-state index >= 15 is 0 Å². The molecule has 0 radical (unpaired) electrons. The number of rotatable bonds is 6. The van der Waals surface area contributed by atoms with E-state index in [0.717, 1.165) is 43.0 Å². The fraction of sp³-hybridized carbons (Fsp3) is 0.542. The Morgan fingerprint density at radius 2 is 1.74 bits per heavy atom. The molecule has 0 bridgehead atoms. The summed E-state index contributed by atoms with van der Waals surface area (Å²) in [4.78, 5) is 25.3. The van der Waals surface area contributed by atoms with Gasteiger partial charge in [0, 0.05) is 19.0 Å². The molecular formula is C24H31F3N6O. The Morgan fingerprint density at radius 1 is 1.00 bits per heavy atom. The van der Waals surface area contributed by atoms with Gasteiger partial charge in [-0.25, -0.2) is 4.98 Å². The molecule has 0 atom stereocenters. The highest BCUT2D eigenvalue weighted by atomic mass is 19.4. The average Bonchev–Trinajstić information content (AvgIpc) is 2.84. The molecule has 2 fully saturated rings. The second-order valence-corrected chi connectivity index (χ2v) is 9.16. The van der Waals surface area contributed by atoms with Crippen molar-refractivity contribution in [3.8, 4) is 0 Å². The van der Waals surface area contributed by atoms with Crippen LogP contribution in [0.4, 0.5) is 30.4 Å². The summed E-state index contributed by atoms with van der Waals surface area (Å²) >= 11 is 0. The summed E-state index contributed by atoms with van der Waals surface area (Å²) < 4.78 is 38.6. The molecule has 34 heavy (non-hydrogen) atoms. The van der Waals surface area contributed by atoms with Gasteiger partial charge in [-0.1, -0.05) is 0 Å². The quantitative estimate of drug-likeness (QED) is 0.658. The number of amides is 1. The summed E-state index contributed by atoms with van der Waals surface area (Å²) in [5, 5.41) is 6.16. The van der Waals surface area contributed by atoms with Gasteiger partial charge in [-0.15, -0.1) is 0 Å². The first-order chi connectivity index (χ1) is 16.3. The predicted molar refractivity (Wildman–Crippen MR) is 125 cm³/mol. The van der Waals surface area contributed by atoms with Crippen LogP contribution in [0.25, 0.3) is 0 Å². The van der Waals surface area contributed by atoms with Crippen molar-refractivity contribution in [1.29, 1.82) is 0 Å². The molecule has 10 heteroatoms. The van der Waals surface area contributed by atoms with Crippen LogP contribution in [0.1, 0.15) is 31.4 Å². The zero-order valence-electron chi connectivity index (χ0n) is 19.3. The molecule has 2 aromatic rings. The van der Waals surface area contributed by atoms with Gasteiger partial charge in [-0.3, -0.25) is 9.78 Å². The maximum atomic E-state index is 12.9. The Bertz CT molecular complexity index is 935. The first kappa shape index (κ1) is 24.3. The summed E-state index contributed by atoms with van der Waals surface area (Å²) in [5.41, 5.74) is 2.36. The van der Waals surface area contributed by atoms with Crippen LogP contribution in [0.3, 0.4) is 0 Å². The van der Waals surface area contributed by atoms with Gasteiger partial charge in [-0.2, -0.15) is 13.2 Å². The number of hydrogen-bond donors (Lipinski definition) is 2. The second kappa shape index (κ2) is 10.6. The molecule has 2 aliphatic heterocycles. The first-order valence-corrected chi connectivity index (χ1v) is 11.7. The van der Waals surface area contributed by atoms with Crippen molar-refractivity contribution < 1.29 is 18.0 Å². The number of hydrogen-bond acceptors (Lipinski definition) is 6. The summed E-state index contributed by atoms with van der Waals surface area (Å²) in [6.07, 6.45) is 1.25. The SMILES string of the molecule is CN1CCC(C(=O)NCc2ccc(Nc3ccc(N4CCC(C(F)(F)F)CC4)cn3)cn2)CC1. The van der Waals surface area contributed by atoms with Crippen molar-refractivity contribution in [2.24, 2.45) is 11.8 Å². The molecule has 0 spiro atoms. The molecule has 2 saturated heterocycles. The Balaban J connectivity index is 1.24. The molecule has 0 saturated carbocycles. The van der Waals surface area contributed by atoms with Crippen molar-refractivity contribution >= 4 is 23.1 Å². The minimum Gasteiger partial charge on any atom is -0.370 e. The Hall–Kier alpha value is -2.88.